The molecule has 2 aromatic rings. The maximum atomic E-state index is 11.9. The summed E-state index contributed by atoms with van der Waals surface area (Å²) in [6, 6.07) is 5.74. The summed E-state index contributed by atoms with van der Waals surface area (Å²) in [7, 11) is 0. The minimum absolute atomic E-state index is 0.134. The van der Waals surface area contributed by atoms with Gasteiger partial charge in [-0.05, 0) is 31.0 Å². The summed E-state index contributed by atoms with van der Waals surface area (Å²) in [4.78, 5) is 16.2. The number of hydrogen-bond acceptors (Lipinski definition) is 3. The zero-order chi connectivity index (χ0) is 16.5. The molecule has 2 heterocycles. The van der Waals surface area contributed by atoms with Crippen molar-refractivity contribution in [2.24, 2.45) is 0 Å². The average Bonchev–Trinajstić information content (AvgIpc) is 3.08. The first kappa shape index (κ1) is 17.0. The fraction of sp³-hybridized carbons (Fsp3) is 0.471. The monoisotopic (exact) mass is 315 g/mol. The van der Waals surface area contributed by atoms with Gasteiger partial charge in [0.25, 0.3) is 0 Å². The first-order valence-electron chi connectivity index (χ1n) is 8.18. The highest BCUT2D eigenvalue weighted by atomic mass is 16.2. The lowest BCUT2D eigenvalue weighted by molar-refractivity contribution is 0.236. The predicted molar refractivity (Wildman–Crippen MR) is 90.3 cm³/mol. The summed E-state index contributed by atoms with van der Waals surface area (Å²) >= 11 is 0. The zero-order valence-corrected chi connectivity index (χ0v) is 13.8. The summed E-state index contributed by atoms with van der Waals surface area (Å²) < 4.78 is 1.70. The maximum absolute atomic E-state index is 11.9. The number of hydrogen-bond donors (Lipinski definition) is 2. The number of unbranched alkanes of at least 4 members (excludes halogenated alkanes) is 2. The Labute approximate surface area is 137 Å². The Bertz CT molecular complexity index is 580. The molecule has 0 saturated carbocycles. The van der Waals surface area contributed by atoms with E-state index in [-0.39, 0.29) is 12.1 Å². The van der Waals surface area contributed by atoms with Crippen molar-refractivity contribution in [3.05, 3.63) is 42.4 Å². The Morgan fingerprint density at radius 2 is 2.22 bits per heavy atom. The van der Waals surface area contributed by atoms with E-state index in [1.54, 1.807) is 17.1 Å². The van der Waals surface area contributed by atoms with E-state index in [0.717, 1.165) is 24.2 Å². The molecule has 2 N–H and O–H groups in total. The van der Waals surface area contributed by atoms with Gasteiger partial charge in [-0.3, -0.25) is 0 Å². The van der Waals surface area contributed by atoms with E-state index in [1.807, 2.05) is 31.3 Å². The Morgan fingerprint density at radius 1 is 1.35 bits per heavy atom. The first-order valence-corrected chi connectivity index (χ1v) is 8.18. The third-order valence-corrected chi connectivity index (χ3v) is 3.62. The van der Waals surface area contributed by atoms with Crippen molar-refractivity contribution in [2.45, 2.75) is 52.1 Å². The SMILES string of the molecule is CCCCC[C@@H](C)NC(=O)NCc1ccc(-n2cccn2)nc1. The van der Waals surface area contributed by atoms with E-state index < -0.39 is 0 Å². The third-order valence-electron chi connectivity index (χ3n) is 3.62. The van der Waals surface area contributed by atoms with Crippen LogP contribution in [0.4, 0.5) is 4.79 Å². The van der Waals surface area contributed by atoms with E-state index in [1.165, 1.54) is 12.8 Å². The van der Waals surface area contributed by atoms with Crippen molar-refractivity contribution in [3.8, 4) is 5.82 Å². The average molecular weight is 315 g/mol. The summed E-state index contributed by atoms with van der Waals surface area (Å²) in [5.74, 6) is 0.757. The molecule has 0 aliphatic rings. The fourth-order valence-corrected chi connectivity index (χ4v) is 2.29. The van der Waals surface area contributed by atoms with Gasteiger partial charge in [-0.2, -0.15) is 5.10 Å². The number of aromatic nitrogens is 3. The van der Waals surface area contributed by atoms with Gasteiger partial charge in [0.2, 0.25) is 0 Å². The second kappa shape index (κ2) is 8.92. The summed E-state index contributed by atoms with van der Waals surface area (Å²) in [5, 5.41) is 9.95. The normalized spacial score (nSPS) is 11.9. The maximum Gasteiger partial charge on any atom is 0.315 e. The number of nitrogens with one attached hydrogen (secondary N) is 2. The highest BCUT2D eigenvalue weighted by Crippen LogP contribution is 2.05. The number of carbonyl (C=O) groups is 1. The highest BCUT2D eigenvalue weighted by molar-refractivity contribution is 5.74. The Hall–Kier alpha value is -2.37. The minimum Gasteiger partial charge on any atom is -0.336 e. The lowest BCUT2D eigenvalue weighted by atomic mass is 10.1. The first-order chi connectivity index (χ1) is 11.2. The van der Waals surface area contributed by atoms with Gasteiger partial charge in [0.15, 0.2) is 5.82 Å². The van der Waals surface area contributed by atoms with Gasteiger partial charge < -0.3 is 10.6 Å². The molecule has 1 atom stereocenters. The topological polar surface area (TPSA) is 71.8 Å². The van der Waals surface area contributed by atoms with E-state index >= 15 is 0 Å². The second-order valence-corrected chi connectivity index (χ2v) is 5.70. The number of nitrogens with zero attached hydrogens (tertiary/aromatic N) is 3. The van der Waals surface area contributed by atoms with Crippen LogP contribution in [0.3, 0.4) is 0 Å². The zero-order valence-electron chi connectivity index (χ0n) is 13.8. The predicted octanol–water partition coefficient (Wildman–Crippen LogP) is 3.04. The van der Waals surface area contributed by atoms with Gasteiger partial charge in [0.1, 0.15) is 0 Å². The van der Waals surface area contributed by atoms with E-state index in [0.29, 0.717) is 6.54 Å². The van der Waals surface area contributed by atoms with Crippen molar-refractivity contribution >= 4 is 6.03 Å². The smallest absolute Gasteiger partial charge is 0.315 e. The van der Waals surface area contributed by atoms with Crippen molar-refractivity contribution in [2.75, 3.05) is 0 Å². The minimum atomic E-state index is -0.134. The highest BCUT2D eigenvalue weighted by Gasteiger charge is 2.06. The molecule has 2 amide bonds. The number of rotatable bonds is 8. The van der Waals surface area contributed by atoms with E-state index in [2.05, 4.69) is 27.6 Å². The van der Waals surface area contributed by atoms with Crippen LogP contribution in [-0.2, 0) is 6.54 Å². The summed E-state index contributed by atoms with van der Waals surface area (Å²) in [5.41, 5.74) is 0.953. The molecule has 2 rings (SSSR count). The molecule has 0 radical (unpaired) electrons. The van der Waals surface area contributed by atoms with Crippen LogP contribution in [0.25, 0.3) is 5.82 Å². The van der Waals surface area contributed by atoms with Gasteiger partial charge in [0, 0.05) is 31.2 Å². The largest absolute Gasteiger partial charge is 0.336 e. The van der Waals surface area contributed by atoms with Crippen LogP contribution in [0.2, 0.25) is 0 Å². The van der Waals surface area contributed by atoms with Crippen LogP contribution >= 0.6 is 0 Å². The molecule has 23 heavy (non-hydrogen) atoms. The van der Waals surface area contributed by atoms with Crippen molar-refractivity contribution < 1.29 is 4.79 Å². The second-order valence-electron chi connectivity index (χ2n) is 5.70. The van der Waals surface area contributed by atoms with E-state index in [4.69, 9.17) is 0 Å². The van der Waals surface area contributed by atoms with Crippen LogP contribution in [0, 0.1) is 0 Å². The van der Waals surface area contributed by atoms with Crippen molar-refractivity contribution in [3.63, 3.8) is 0 Å². The molecule has 0 bridgehead atoms. The molecule has 2 aromatic heterocycles. The van der Waals surface area contributed by atoms with Crippen molar-refractivity contribution in [1.29, 1.82) is 0 Å². The molecule has 0 aliphatic heterocycles. The molecule has 0 saturated heterocycles. The van der Waals surface area contributed by atoms with E-state index in [9.17, 15) is 4.79 Å². The number of urea groups is 1. The standard InChI is InChI=1S/C17H25N5O/c1-3-4-5-7-14(2)21-17(23)19-13-15-8-9-16(18-12-15)22-11-6-10-20-22/h6,8-12,14H,3-5,7,13H2,1-2H3,(H2,19,21,23)/t14-/m1/s1. The fourth-order valence-electron chi connectivity index (χ4n) is 2.29. The molecule has 0 fully saturated rings. The molecule has 0 aromatic carbocycles. The summed E-state index contributed by atoms with van der Waals surface area (Å²) in [6.45, 7) is 4.67. The Morgan fingerprint density at radius 3 is 2.87 bits per heavy atom. The van der Waals surface area contributed by atoms with Gasteiger partial charge >= 0.3 is 6.03 Å². The van der Waals surface area contributed by atoms with Crippen LogP contribution in [0.5, 0.6) is 0 Å². The van der Waals surface area contributed by atoms with Crippen LogP contribution in [0.15, 0.2) is 36.8 Å². The lowest BCUT2D eigenvalue weighted by Crippen LogP contribution is -2.40. The Kier molecular flexibility index (Phi) is 6.59. The van der Waals surface area contributed by atoms with Gasteiger partial charge in [-0.15, -0.1) is 0 Å². The molecule has 124 valence electrons. The molecule has 6 nitrogen and oxygen atoms in total. The van der Waals surface area contributed by atoms with Crippen molar-refractivity contribution in [1.82, 2.24) is 25.4 Å². The van der Waals surface area contributed by atoms with Crippen LogP contribution < -0.4 is 10.6 Å². The lowest BCUT2D eigenvalue weighted by Gasteiger charge is -2.14. The molecular weight excluding hydrogens is 290 g/mol. The van der Waals surface area contributed by atoms with Gasteiger partial charge in [-0.1, -0.05) is 32.3 Å². The molecule has 0 unspecified atom stereocenters. The molecular formula is C17H25N5O. The van der Waals surface area contributed by atoms with Gasteiger partial charge in [-0.25, -0.2) is 14.5 Å². The molecule has 6 heteroatoms. The molecule has 0 aliphatic carbocycles. The number of amides is 2. The van der Waals surface area contributed by atoms with Gasteiger partial charge in [0.05, 0.1) is 0 Å². The number of carbonyl (C=O) groups excluding carboxylic acids is 1. The Balaban J connectivity index is 1.74. The number of pyridine rings is 1. The quantitative estimate of drug-likeness (QED) is 0.736. The third kappa shape index (κ3) is 5.73. The molecule has 0 spiro atoms. The summed E-state index contributed by atoms with van der Waals surface area (Å²) in [6.07, 6.45) is 9.87. The van der Waals surface area contributed by atoms with Crippen LogP contribution in [0.1, 0.15) is 45.1 Å². The van der Waals surface area contributed by atoms with Crippen LogP contribution in [-0.4, -0.2) is 26.8 Å².